The van der Waals surface area contributed by atoms with Crippen molar-refractivity contribution < 1.29 is 21.9 Å². The number of rotatable bonds is 6. The van der Waals surface area contributed by atoms with Gasteiger partial charge in [0.05, 0.1) is 17.4 Å². The van der Waals surface area contributed by atoms with E-state index in [4.69, 9.17) is 16.3 Å². The third kappa shape index (κ3) is 4.67. The molecule has 7 nitrogen and oxygen atoms in total. The Labute approximate surface area is 188 Å². The van der Waals surface area contributed by atoms with Crippen LogP contribution in [0.1, 0.15) is 29.7 Å². The first-order chi connectivity index (χ1) is 15.2. The fourth-order valence-electron chi connectivity index (χ4n) is 3.52. The van der Waals surface area contributed by atoms with Crippen LogP contribution in [-0.2, 0) is 23.0 Å². The quantitative estimate of drug-likeness (QED) is 0.554. The van der Waals surface area contributed by atoms with E-state index in [0.29, 0.717) is 6.54 Å². The molecule has 0 saturated heterocycles. The molecule has 0 saturated carbocycles. The van der Waals surface area contributed by atoms with Crippen LogP contribution in [0.5, 0.6) is 5.75 Å². The van der Waals surface area contributed by atoms with Crippen LogP contribution >= 0.6 is 11.6 Å². The average Bonchev–Trinajstić information content (AvgIpc) is 2.77. The van der Waals surface area contributed by atoms with Crippen LogP contribution in [0.3, 0.4) is 0 Å². The summed E-state index contributed by atoms with van der Waals surface area (Å²) in [5, 5.41) is 3.24. The van der Waals surface area contributed by atoms with Crippen LogP contribution in [0.2, 0.25) is 5.02 Å². The molecule has 0 aliphatic carbocycles. The van der Waals surface area contributed by atoms with Gasteiger partial charge in [-0.25, -0.2) is 31.9 Å². The van der Waals surface area contributed by atoms with Crippen LogP contribution in [0, 0.1) is 11.6 Å². The number of sulfonamides is 1. The summed E-state index contributed by atoms with van der Waals surface area (Å²) in [4.78, 5) is 6.30. The molecule has 1 aliphatic heterocycles. The number of ether oxygens (including phenoxy) is 1. The zero-order valence-electron chi connectivity index (χ0n) is 16.9. The van der Waals surface area contributed by atoms with Crippen molar-refractivity contribution >= 4 is 27.6 Å². The van der Waals surface area contributed by atoms with Gasteiger partial charge in [-0.15, -0.1) is 0 Å². The van der Waals surface area contributed by atoms with Crippen LogP contribution in [0.25, 0.3) is 0 Å². The van der Waals surface area contributed by atoms with E-state index in [2.05, 4.69) is 21.4 Å². The van der Waals surface area contributed by atoms with E-state index in [1.54, 1.807) is 0 Å². The van der Waals surface area contributed by atoms with Gasteiger partial charge in [-0.3, -0.25) is 0 Å². The van der Waals surface area contributed by atoms with E-state index in [-0.39, 0.29) is 10.8 Å². The largest absolute Gasteiger partial charge is 0.484 e. The highest BCUT2D eigenvalue weighted by Gasteiger charge is 2.24. The van der Waals surface area contributed by atoms with Gasteiger partial charge in [-0.2, -0.15) is 0 Å². The first kappa shape index (κ1) is 22.4. The lowest BCUT2D eigenvalue weighted by atomic mass is 9.93. The Morgan fingerprint density at radius 2 is 1.97 bits per heavy atom. The third-order valence-electron chi connectivity index (χ3n) is 5.05. The number of nitrogens with zero attached hydrogens (tertiary/aromatic N) is 2. The van der Waals surface area contributed by atoms with E-state index < -0.39 is 38.6 Å². The maximum atomic E-state index is 14.8. The maximum Gasteiger partial charge on any atom is 0.267 e. The second-order valence-electron chi connectivity index (χ2n) is 7.22. The van der Waals surface area contributed by atoms with E-state index in [1.807, 2.05) is 23.8 Å². The lowest BCUT2D eigenvalue weighted by molar-refractivity contribution is 0.224. The molecule has 0 radical (unpaired) electrons. The molecular weight excluding hydrogens is 462 g/mol. The summed E-state index contributed by atoms with van der Waals surface area (Å²) >= 11 is 6.23. The molecule has 0 amide bonds. The Hall–Kier alpha value is -2.82. The number of aromatic nitrogens is 2. The molecule has 11 heteroatoms. The summed E-state index contributed by atoms with van der Waals surface area (Å²) in [6.45, 7) is 3.42. The summed E-state index contributed by atoms with van der Waals surface area (Å²) in [5.74, 6) is -2.20. The summed E-state index contributed by atoms with van der Waals surface area (Å²) in [6.07, 6.45) is 2.02. The molecule has 2 heterocycles. The molecule has 2 aromatic carbocycles. The average molecular weight is 481 g/mol. The SMILES string of the molecule is C[C@@H](Oc1cc(F)c(S(=O)(=O)Nc2ncc(F)cn2)cc1Cl)c1cccc2c1CNCC2. The van der Waals surface area contributed by atoms with Gasteiger partial charge in [-0.1, -0.05) is 29.8 Å². The van der Waals surface area contributed by atoms with Gasteiger partial charge in [0.2, 0.25) is 5.95 Å². The molecule has 1 atom stereocenters. The smallest absolute Gasteiger partial charge is 0.267 e. The van der Waals surface area contributed by atoms with Gasteiger partial charge in [0, 0.05) is 12.6 Å². The van der Waals surface area contributed by atoms with Crippen molar-refractivity contribution in [3.05, 3.63) is 76.1 Å². The summed E-state index contributed by atoms with van der Waals surface area (Å²) in [5.41, 5.74) is 3.30. The minimum atomic E-state index is -4.41. The van der Waals surface area contributed by atoms with Crippen LogP contribution in [0.15, 0.2) is 47.6 Å². The normalized spacial score (nSPS) is 14.5. The minimum absolute atomic E-state index is 0.00928. The zero-order chi connectivity index (χ0) is 22.9. The first-order valence-corrected chi connectivity index (χ1v) is 11.6. The second kappa shape index (κ2) is 8.97. The van der Waals surface area contributed by atoms with Crippen molar-refractivity contribution in [2.45, 2.75) is 30.9 Å². The summed E-state index contributed by atoms with van der Waals surface area (Å²) < 4.78 is 60.6. The van der Waals surface area contributed by atoms with Crippen LogP contribution < -0.4 is 14.8 Å². The van der Waals surface area contributed by atoms with Crippen molar-refractivity contribution in [3.63, 3.8) is 0 Å². The molecule has 32 heavy (non-hydrogen) atoms. The molecule has 0 fully saturated rings. The highest BCUT2D eigenvalue weighted by molar-refractivity contribution is 7.92. The fourth-order valence-corrected chi connectivity index (χ4v) is 4.84. The number of hydrogen-bond donors (Lipinski definition) is 2. The molecule has 1 aliphatic rings. The predicted molar refractivity (Wildman–Crippen MR) is 115 cm³/mol. The standard InChI is InChI=1S/C21H19ClF2N4O3S/c1-12(15-4-2-3-13-5-6-25-11-16(13)15)31-19-8-18(24)20(7-17(19)22)32(29,30)28-21-26-9-14(23)10-27-21/h2-4,7-10,12,25H,5-6,11H2,1H3,(H,26,27,28)/t12-/m1/s1. The van der Waals surface area contributed by atoms with E-state index in [9.17, 15) is 17.2 Å². The highest BCUT2D eigenvalue weighted by atomic mass is 35.5. The van der Waals surface area contributed by atoms with Gasteiger partial charge in [0.1, 0.15) is 22.6 Å². The minimum Gasteiger partial charge on any atom is -0.484 e. The monoisotopic (exact) mass is 480 g/mol. The molecule has 0 spiro atoms. The lowest BCUT2D eigenvalue weighted by Crippen LogP contribution is -2.25. The van der Waals surface area contributed by atoms with Crippen LogP contribution in [-0.4, -0.2) is 24.9 Å². The third-order valence-corrected chi connectivity index (χ3v) is 6.68. The van der Waals surface area contributed by atoms with Crippen molar-refractivity contribution in [3.8, 4) is 5.75 Å². The van der Waals surface area contributed by atoms with Crippen molar-refractivity contribution in [2.75, 3.05) is 11.3 Å². The van der Waals surface area contributed by atoms with E-state index >= 15 is 0 Å². The van der Waals surface area contributed by atoms with E-state index in [0.717, 1.165) is 48.6 Å². The Morgan fingerprint density at radius 1 is 1.22 bits per heavy atom. The Bertz CT molecular complexity index is 1260. The number of hydrogen-bond acceptors (Lipinski definition) is 6. The fraction of sp³-hybridized carbons (Fsp3) is 0.238. The lowest BCUT2D eigenvalue weighted by Gasteiger charge is -2.24. The summed E-state index contributed by atoms with van der Waals surface area (Å²) in [6, 6.07) is 7.82. The molecule has 3 aromatic rings. The molecule has 2 N–H and O–H groups in total. The second-order valence-corrected chi connectivity index (χ2v) is 9.27. The van der Waals surface area contributed by atoms with Gasteiger partial charge in [0.25, 0.3) is 10.0 Å². The van der Waals surface area contributed by atoms with Crippen molar-refractivity contribution in [1.82, 2.24) is 15.3 Å². The maximum absolute atomic E-state index is 14.8. The topological polar surface area (TPSA) is 93.2 Å². The zero-order valence-corrected chi connectivity index (χ0v) is 18.5. The number of halogens is 3. The van der Waals surface area contributed by atoms with Gasteiger partial charge < -0.3 is 10.1 Å². The number of benzene rings is 2. The van der Waals surface area contributed by atoms with E-state index in [1.165, 1.54) is 5.56 Å². The molecular formula is C21H19ClF2N4O3S. The number of anilines is 1. The van der Waals surface area contributed by atoms with Crippen LogP contribution in [0.4, 0.5) is 14.7 Å². The van der Waals surface area contributed by atoms with Gasteiger partial charge in [0.15, 0.2) is 5.82 Å². The first-order valence-electron chi connectivity index (χ1n) is 9.72. The molecule has 0 bridgehead atoms. The number of nitrogens with one attached hydrogen (secondary N) is 2. The van der Waals surface area contributed by atoms with Crippen molar-refractivity contribution in [2.24, 2.45) is 0 Å². The Morgan fingerprint density at radius 3 is 2.72 bits per heavy atom. The Balaban J connectivity index is 1.58. The number of fused-ring (bicyclic) bond motifs is 1. The van der Waals surface area contributed by atoms with Gasteiger partial charge >= 0.3 is 0 Å². The Kier molecular flexibility index (Phi) is 6.27. The molecule has 1 aromatic heterocycles. The molecule has 168 valence electrons. The molecule has 0 unspecified atom stereocenters. The van der Waals surface area contributed by atoms with Crippen molar-refractivity contribution in [1.29, 1.82) is 0 Å². The predicted octanol–water partition coefficient (Wildman–Crippen LogP) is 3.99. The molecule has 4 rings (SSSR count). The summed E-state index contributed by atoms with van der Waals surface area (Å²) in [7, 11) is -4.41. The van der Waals surface area contributed by atoms with Gasteiger partial charge in [-0.05, 0) is 42.6 Å². The highest BCUT2D eigenvalue weighted by Crippen LogP contribution is 2.35.